The summed E-state index contributed by atoms with van der Waals surface area (Å²) >= 11 is 0. The van der Waals surface area contributed by atoms with E-state index in [0.29, 0.717) is 0 Å². The van der Waals surface area contributed by atoms with Crippen LogP contribution in [0.1, 0.15) is 26.2 Å². The first kappa shape index (κ1) is 8.75. The van der Waals surface area contributed by atoms with Gasteiger partial charge >= 0.3 is 5.97 Å². The third-order valence-corrected chi connectivity index (χ3v) is 3.07. The summed E-state index contributed by atoms with van der Waals surface area (Å²) in [6, 6.07) is 0. The number of ether oxygens (including phenoxy) is 1. The van der Waals surface area contributed by atoms with Crippen molar-refractivity contribution in [2.45, 2.75) is 37.9 Å². The first-order chi connectivity index (χ1) is 6.09. The minimum absolute atomic E-state index is 0.0789. The van der Waals surface area contributed by atoms with Gasteiger partial charge in [0.25, 0.3) is 0 Å². The average Bonchev–Trinajstić information content (AvgIpc) is 2.56. The van der Waals surface area contributed by atoms with Crippen LogP contribution in [-0.2, 0) is 9.53 Å². The van der Waals surface area contributed by atoms with Gasteiger partial charge in [-0.05, 0) is 25.8 Å². The lowest BCUT2D eigenvalue weighted by Gasteiger charge is -2.28. The lowest BCUT2D eigenvalue weighted by molar-refractivity contribution is -0.143. The largest absolute Gasteiger partial charge is 0.455 e. The monoisotopic (exact) mass is 182 g/mol. The van der Waals surface area contributed by atoms with Gasteiger partial charge in [-0.15, -0.1) is 0 Å². The van der Waals surface area contributed by atoms with E-state index in [9.17, 15) is 9.90 Å². The molecule has 0 amide bonds. The Morgan fingerprint density at radius 2 is 2.46 bits per heavy atom. The van der Waals surface area contributed by atoms with Gasteiger partial charge in [-0.3, -0.25) is 0 Å². The van der Waals surface area contributed by atoms with Crippen LogP contribution in [0.2, 0.25) is 0 Å². The molecule has 1 aliphatic carbocycles. The summed E-state index contributed by atoms with van der Waals surface area (Å²) in [5.41, 5.74) is -0.667. The lowest BCUT2D eigenvalue weighted by atomic mass is 9.88. The number of carbonyl (C=O) groups excluding carboxylic acids is 1. The second-order valence-corrected chi connectivity index (χ2v) is 4.12. The van der Waals surface area contributed by atoms with Crippen LogP contribution in [0, 0.1) is 5.92 Å². The van der Waals surface area contributed by atoms with Gasteiger partial charge in [-0.25, -0.2) is 4.79 Å². The maximum absolute atomic E-state index is 10.8. The number of rotatable bonds is 1. The van der Waals surface area contributed by atoms with E-state index in [1.54, 1.807) is 6.08 Å². The third kappa shape index (κ3) is 1.48. The quantitative estimate of drug-likeness (QED) is 0.616. The Hall–Kier alpha value is -0.830. The van der Waals surface area contributed by atoms with Gasteiger partial charge in [0.1, 0.15) is 6.10 Å². The predicted octanol–water partition coefficient (Wildman–Crippen LogP) is 1.02. The third-order valence-electron chi connectivity index (χ3n) is 3.07. The van der Waals surface area contributed by atoms with Gasteiger partial charge in [0.2, 0.25) is 0 Å². The molecule has 1 fully saturated rings. The molecule has 0 spiro atoms. The Labute approximate surface area is 77.4 Å². The van der Waals surface area contributed by atoms with Crippen LogP contribution in [-0.4, -0.2) is 22.8 Å². The molecule has 1 saturated carbocycles. The molecule has 0 radical (unpaired) electrons. The van der Waals surface area contributed by atoms with E-state index in [-0.39, 0.29) is 18.0 Å². The van der Waals surface area contributed by atoms with Crippen molar-refractivity contribution < 1.29 is 14.6 Å². The van der Waals surface area contributed by atoms with Crippen LogP contribution in [0.3, 0.4) is 0 Å². The number of carbonyl (C=O) groups is 1. The van der Waals surface area contributed by atoms with Crippen molar-refractivity contribution in [3.8, 4) is 0 Å². The fourth-order valence-corrected chi connectivity index (χ4v) is 2.30. The van der Waals surface area contributed by atoms with Gasteiger partial charge in [0.15, 0.2) is 0 Å². The van der Waals surface area contributed by atoms with Crippen molar-refractivity contribution in [3.05, 3.63) is 12.2 Å². The van der Waals surface area contributed by atoms with E-state index in [1.807, 2.05) is 6.92 Å². The molecule has 0 saturated heterocycles. The molecule has 3 heteroatoms. The van der Waals surface area contributed by atoms with Gasteiger partial charge in [-0.2, -0.15) is 0 Å². The highest BCUT2D eigenvalue weighted by atomic mass is 16.5. The van der Waals surface area contributed by atoms with Crippen LogP contribution < -0.4 is 0 Å². The molecule has 2 rings (SSSR count). The van der Waals surface area contributed by atoms with Crippen LogP contribution in [0.25, 0.3) is 0 Å². The molecule has 0 aromatic rings. The summed E-state index contributed by atoms with van der Waals surface area (Å²) in [5.74, 6) is -0.206. The first-order valence-corrected chi connectivity index (χ1v) is 4.71. The van der Waals surface area contributed by atoms with Crippen molar-refractivity contribution in [3.63, 3.8) is 0 Å². The Balaban J connectivity index is 2.09. The van der Waals surface area contributed by atoms with Crippen molar-refractivity contribution in [2.75, 3.05) is 0 Å². The SMILES string of the molecule is C[C@]1(O)CCC[C@H]1[C@H]1C=CC(=O)O1. The highest BCUT2D eigenvalue weighted by molar-refractivity contribution is 5.84. The molecule has 0 aromatic carbocycles. The number of hydrogen-bond acceptors (Lipinski definition) is 3. The van der Waals surface area contributed by atoms with E-state index < -0.39 is 5.60 Å². The highest BCUT2D eigenvalue weighted by Gasteiger charge is 2.43. The van der Waals surface area contributed by atoms with Crippen LogP contribution in [0.4, 0.5) is 0 Å². The molecule has 2 aliphatic rings. The van der Waals surface area contributed by atoms with Crippen molar-refractivity contribution >= 4 is 5.97 Å². The fraction of sp³-hybridized carbons (Fsp3) is 0.700. The second-order valence-electron chi connectivity index (χ2n) is 4.12. The standard InChI is InChI=1S/C10H14O3/c1-10(12)6-2-3-7(10)8-4-5-9(11)13-8/h4-5,7-8,12H,2-3,6H2,1H3/t7-,8+,10-/m0/s1. The smallest absolute Gasteiger partial charge is 0.331 e. The number of hydrogen-bond donors (Lipinski definition) is 1. The highest BCUT2D eigenvalue weighted by Crippen LogP contribution is 2.39. The summed E-state index contributed by atoms with van der Waals surface area (Å²) in [6.07, 6.45) is 5.75. The summed E-state index contributed by atoms with van der Waals surface area (Å²) in [5, 5.41) is 9.98. The molecule has 1 aliphatic heterocycles. The van der Waals surface area contributed by atoms with Gasteiger partial charge < -0.3 is 9.84 Å². The lowest BCUT2D eigenvalue weighted by Crippen LogP contribution is -2.37. The summed E-state index contributed by atoms with van der Waals surface area (Å²) < 4.78 is 5.07. The molecule has 1 heterocycles. The molecule has 0 bridgehead atoms. The number of esters is 1. The van der Waals surface area contributed by atoms with Crippen molar-refractivity contribution in [2.24, 2.45) is 5.92 Å². The zero-order valence-corrected chi connectivity index (χ0v) is 7.69. The summed E-state index contributed by atoms with van der Waals surface area (Å²) in [6.45, 7) is 1.82. The predicted molar refractivity (Wildman–Crippen MR) is 47.0 cm³/mol. The van der Waals surface area contributed by atoms with E-state index in [1.165, 1.54) is 6.08 Å². The van der Waals surface area contributed by atoms with Gasteiger partial charge in [0.05, 0.1) is 5.60 Å². The first-order valence-electron chi connectivity index (χ1n) is 4.71. The molecule has 13 heavy (non-hydrogen) atoms. The zero-order chi connectivity index (χ0) is 9.47. The number of aliphatic hydroxyl groups is 1. The Morgan fingerprint density at radius 3 is 2.92 bits per heavy atom. The normalized spacial score (nSPS) is 44.0. The van der Waals surface area contributed by atoms with Gasteiger partial charge in [-0.1, -0.05) is 6.42 Å². The van der Waals surface area contributed by atoms with Crippen LogP contribution in [0.15, 0.2) is 12.2 Å². The van der Waals surface area contributed by atoms with E-state index >= 15 is 0 Å². The van der Waals surface area contributed by atoms with E-state index in [4.69, 9.17) is 4.74 Å². The van der Waals surface area contributed by atoms with E-state index in [2.05, 4.69) is 0 Å². The molecule has 3 nitrogen and oxygen atoms in total. The van der Waals surface area contributed by atoms with Crippen LogP contribution >= 0.6 is 0 Å². The van der Waals surface area contributed by atoms with Gasteiger partial charge in [0, 0.05) is 12.0 Å². The van der Waals surface area contributed by atoms with Crippen LogP contribution in [0.5, 0.6) is 0 Å². The Bertz CT molecular complexity index is 255. The molecule has 0 unspecified atom stereocenters. The minimum Gasteiger partial charge on any atom is -0.455 e. The molecule has 1 N–H and O–H groups in total. The Morgan fingerprint density at radius 1 is 1.69 bits per heavy atom. The zero-order valence-electron chi connectivity index (χ0n) is 7.69. The van der Waals surface area contributed by atoms with Crippen molar-refractivity contribution in [1.82, 2.24) is 0 Å². The molecular formula is C10H14O3. The summed E-state index contributed by atoms with van der Waals surface area (Å²) in [4.78, 5) is 10.8. The minimum atomic E-state index is -0.667. The molecular weight excluding hydrogens is 168 g/mol. The van der Waals surface area contributed by atoms with E-state index in [0.717, 1.165) is 19.3 Å². The van der Waals surface area contributed by atoms with Crippen molar-refractivity contribution in [1.29, 1.82) is 0 Å². The maximum atomic E-state index is 10.8. The Kier molecular flexibility index (Phi) is 1.91. The number of cyclic esters (lactones) is 1. The molecule has 0 aromatic heterocycles. The molecule has 72 valence electrons. The fourth-order valence-electron chi connectivity index (χ4n) is 2.30. The molecule has 3 atom stereocenters. The maximum Gasteiger partial charge on any atom is 0.331 e. The summed E-state index contributed by atoms with van der Waals surface area (Å²) in [7, 11) is 0. The topological polar surface area (TPSA) is 46.5 Å². The second kappa shape index (κ2) is 2.84. The average molecular weight is 182 g/mol.